The lowest BCUT2D eigenvalue weighted by atomic mass is 9.82. The van der Waals surface area contributed by atoms with E-state index in [0.29, 0.717) is 51.1 Å². The number of aliphatic hydroxyl groups is 2. The van der Waals surface area contributed by atoms with Crippen molar-refractivity contribution in [2.24, 2.45) is 11.8 Å². The van der Waals surface area contributed by atoms with Gasteiger partial charge in [0.15, 0.2) is 0 Å². The predicted octanol–water partition coefficient (Wildman–Crippen LogP) is 2.40. The summed E-state index contributed by atoms with van der Waals surface area (Å²) in [6, 6.07) is 7.64. The first-order valence-electron chi connectivity index (χ1n) is 16.0. The van der Waals surface area contributed by atoms with Crippen LogP contribution in [-0.4, -0.2) is 84.3 Å². The first kappa shape index (κ1) is 36.8. The second-order valence-corrected chi connectivity index (χ2v) is 12.0. The Bertz CT molecular complexity index is 1090. The summed E-state index contributed by atoms with van der Waals surface area (Å²) < 4.78 is 0. The molecule has 1 fully saturated rings. The Morgan fingerprint density at radius 3 is 2.36 bits per heavy atom. The third-order valence-corrected chi connectivity index (χ3v) is 8.46. The number of carbonyl (C=O) groups excluding carboxylic acids is 3. The number of rotatable bonds is 19. The SMILES string of the molecule is C#CCCC[C@H](O)[C@H](O)[C@H](CC1CCCCC1)NC(=O)[C@H](CC#C)NC(=O)[C@@H](CC(=O)N(C)CCNC)Cc1ccccc1. The lowest BCUT2D eigenvalue weighted by molar-refractivity contribution is -0.136. The van der Waals surface area contributed by atoms with E-state index in [-0.39, 0.29) is 18.7 Å². The zero-order valence-corrected chi connectivity index (χ0v) is 26.5. The molecule has 0 radical (unpaired) electrons. The maximum absolute atomic E-state index is 13.7. The molecule has 0 bridgehead atoms. The molecule has 0 heterocycles. The molecule has 0 spiro atoms. The number of carbonyl (C=O) groups is 3. The molecule has 1 aliphatic rings. The molecule has 1 aliphatic carbocycles. The highest BCUT2D eigenvalue weighted by atomic mass is 16.3. The van der Waals surface area contributed by atoms with Gasteiger partial charge in [0.05, 0.1) is 24.2 Å². The summed E-state index contributed by atoms with van der Waals surface area (Å²) in [5, 5.41) is 30.6. The van der Waals surface area contributed by atoms with Gasteiger partial charge < -0.3 is 31.1 Å². The maximum Gasteiger partial charge on any atom is 0.243 e. The van der Waals surface area contributed by atoms with E-state index in [0.717, 1.165) is 31.2 Å². The molecule has 0 unspecified atom stereocenters. The van der Waals surface area contributed by atoms with Crippen molar-refractivity contribution >= 4 is 17.7 Å². The summed E-state index contributed by atoms with van der Waals surface area (Å²) in [6.45, 7) is 1.12. The van der Waals surface area contributed by atoms with Crippen molar-refractivity contribution in [1.29, 1.82) is 0 Å². The molecule has 5 atom stereocenters. The van der Waals surface area contributed by atoms with E-state index in [1.165, 1.54) is 6.42 Å². The Morgan fingerprint density at radius 1 is 1.02 bits per heavy atom. The third kappa shape index (κ3) is 13.1. The quantitative estimate of drug-likeness (QED) is 0.121. The van der Waals surface area contributed by atoms with Crippen LogP contribution in [0.5, 0.6) is 0 Å². The monoisotopic (exact) mass is 608 g/mol. The van der Waals surface area contributed by atoms with Gasteiger partial charge in [-0.1, -0.05) is 62.4 Å². The van der Waals surface area contributed by atoms with E-state index >= 15 is 0 Å². The molecule has 1 aromatic carbocycles. The number of hydrogen-bond donors (Lipinski definition) is 5. The van der Waals surface area contributed by atoms with Crippen LogP contribution in [0.2, 0.25) is 0 Å². The molecular weight excluding hydrogens is 556 g/mol. The van der Waals surface area contributed by atoms with Gasteiger partial charge in [0.2, 0.25) is 17.7 Å². The summed E-state index contributed by atoms with van der Waals surface area (Å²) in [6.07, 6.45) is 16.1. The van der Waals surface area contributed by atoms with Crippen molar-refractivity contribution in [1.82, 2.24) is 20.9 Å². The van der Waals surface area contributed by atoms with Crippen molar-refractivity contribution in [3.8, 4) is 24.7 Å². The van der Waals surface area contributed by atoms with Crippen LogP contribution in [0.15, 0.2) is 30.3 Å². The lowest BCUT2D eigenvalue weighted by Crippen LogP contribution is -2.56. The summed E-state index contributed by atoms with van der Waals surface area (Å²) in [5.41, 5.74) is 0.894. The van der Waals surface area contributed by atoms with Gasteiger partial charge in [-0.05, 0) is 44.2 Å². The van der Waals surface area contributed by atoms with Gasteiger partial charge in [0.1, 0.15) is 6.04 Å². The molecule has 242 valence electrons. The number of amides is 3. The van der Waals surface area contributed by atoms with Crippen LogP contribution < -0.4 is 16.0 Å². The highest BCUT2D eigenvalue weighted by Gasteiger charge is 2.33. The zero-order chi connectivity index (χ0) is 32.3. The van der Waals surface area contributed by atoms with Gasteiger partial charge in [-0.3, -0.25) is 14.4 Å². The molecule has 0 aliphatic heterocycles. The summed E-state index contributed by atoms with van der Waals surface area (Å²) in [7, 11) is 3.50. The number of nitrogens with zero attached hydrogens (tertiary/aromatic N) is 1. The zero-order valence-electron chi connectivity index (χ0n) is 26.5. The number of hydrogen-bond acceptors (Lipinski definition) is 6. The first-order valence-corrected chi connectivity index (χ1v) is 16.0. The van der Waals surface area contributed by atoms with Crippen molar-refractivity contribution in [3.05, 3.63) is 35.9 Å². The second kappa shape index (κ2) is 20.6. The Balaban J connectivity index is 2.20. The molecule has 1 saturated carbocycles. The Labute approximate surface area is 263 Å². The van der Waals surface area contributed by atoms with E-state index < -0.39 is 42.0 Å². The molecule has 3 amide bonds. The van der Waals surface area contributed by atoms with Crippen LogP contribution >= 0.6 is 0 Å². The number of nitrogens with one attached hydrogen (secondary N) is 3. The number of likely N-dealkylation sites (N-methyl/N-ethyl adjacent to an activating group) is 2. The molecule has 2 rings (SSSR count). The summed E-state index contributed by atoms with van der Waals surface area (Å²) in [5.74, 6) is 3.45. The molecular formula is C35H52N4O5. The first-order chi connectivity index (χ1) is 21.2. The minimum atomic E-state index is -1.20. The van der Waals surface area contributed by atoms with E-state index in [1.807, 2.05) is 30.3 Å². The Morgan fingerprint density at radius 2 is 1.73 bits per heavy atom. The fourth-order valence-electron chi connectivity index (χ4n) is 5.74. The van der Waals surface area contributed by atoms with Crippen LogP contribution in [0.25, 0.3) is 0 Å². The molecule has 0 aromatic heterocycles. The normalized spacial score (nSPS) is 16.8. The minimum Gasteiger partial charge on any atom is -0.390 e. The number of unbranched alkanes of at least 4 members (excludes halogenated alkanes) is 1. The molecule has 44 heavy (non-hydrogen) atoms. The lowest BCUT2D eigenvalue weighted by Gasteiger charge is -2.33. The van der Waals surface area contributed by atoms with Crippen molar-refractivity contribution in [2.45, 2.75) is 101 Å². The number of benzene rings is 1. The average Bonchev–Trinajstić information content (AvgIpc) is 3.03. The standard InChI is InChI=1S/C35H52N4O5/c1-5-7-10-20-31(40)33(42)30(24-27-18-13-9-14-19-27)38-35(44)29(15-6-2)37-34(43)28(23-26-16-11-8-12-17-26)25-32(41)39(4)22-21-36-3/h1-2,8,11-12,16-17,27-31,33,36,40,42H,7,9-10,13-15,18-25H2,3-4H3,(H,37,43)(H,38,44)/t28-,29+,30+,31+,33-/m1/s1. The highest BCUT2D eigenvalue weighted by molar-refractivity contribution is 5.91. The van der Waals surface area contributed by atoms with Crippen LogP contribution in [0.4, 0.5) is 0 Å². The van der Waals surface area contributed by atoms with Crippen molar-refractivity contribution < 1.29 is 24.6 Å². The average molecular weight is 609 g/mol. The fraction of sp³-hybridized carbons (Fsp3) is 0.629. The Hall–Kier alpha value is -3.37. The highest BCUT2D eigenvalue weighted by Crippen LogP contribution is 2.29. The van der Waals surface area contributed by atoms with Gasteiger partial charge in [0.25, 0.3) is 0 Å². The van der Waals surface area contributed by atoms with Crippen LogP contribution in [0.3, 0.4) is 0 Å². The van der Waals surface area contributed by atoms with E-state index in [2.05, 4.69) is 27.8 Å². The van der Waals surface area contributed by atoms with Gasteiger partial charge in [-0.15, -0.1) is 24.7 Å². The molecule has 9 nitrogen and oxygen atoms in total. The van der Waals surface area contributed by atoms with Crippen LogP contribution in [0.1, 0.15) is 76.2 Å². The van der Waals surface area contributed by atoms with Crippen LogP contribution in [0, 0.1) is 36.5 Å². The predicted molar refractivity (Wildman–Crippen MR) is 173 cm³/mol. The third-order valence-electron chi connectivity index (χ3n) is 8.46. The van der Waals surface area contributed by atoms with E-state index in [1.54, 1.807) is 19.0 Å². The number of aliphatic hydroxyl groups excluding tert-OH is 2. The second-order valence-electron chi connectivity index (χ2n) is 12.0. The van der Waals surface area contributed by atoms with Gasteiger partial charge in [0, 0.05) is 39.4 Å². The van der Waals surface area contributed by atoms with Crippen molar-refractivity contribution in [3.63, 3.8) is 0 Å². The van der Waals surface area contributed by atoms with E-state index in [9.17, 15) is 24.6 Å². The Kier molecular flexibility index (Phi) is 17.2. The van der Waals surface area contributed by atoms with Gasteiger partial charge in [-0.2, -0.15) is 0 Å². The number of terminal acetylenes is 2. The molecule has 5 N–H and O–H groups in total. The van der Waals surface area contributed by atoms with Crippen molar-refractivity contribution in [2.75, 3.05) is 27.2 Å². The smallest absolute Gasteiger partial charge is 0.243 e. The molecule has 1 aromatic rings. The summed E-state index contributed by atoms with van der Waals surface area (Å²) >= 11 is 0. The maximum atomic E-state index is 13.7. The summed E-state index contributed by atoms with van der Waals surface area (Å²) in [4.78, 5) is 41.9. The largest absolute Gasteiger partial charge is 0.390 e. The van der Waals surface area contributed by atoms with Crippen LogP contribution in [-0.2, 0) is 20.8 Å². The van der Waals surface area contributed by atoms with Gasteiger partial charge >= 0.3 is 0 Å². The van der Waals surface area contributed by atoms with E-state index in [4.69, 9.17) is 12.8 Å². The molecule has 0 saturated heterocycles. The topological polar surface area (TPSA) is 131 Å². The van der Waals surface area contributed by atoms with Gasteiger partial charge in [-0.25, -0.2) is 0 Å². The fourth-order valence-corrected chi connectivity index (χ4v) is 5.74. The minimum absolute atomic E-state index is 0.0296. The molecule has 9 heteroatoms.